The average molecular weight is 344 g/mol. The molecule has 2 amide bonds. The van der Waals surface area contributed by atoms with Crippen LogP contribution in [0.4, 0.5) is 4.79 Å². The van der Waals surface area contributed by atoms with Gasteiger partial charge in [-0.25, -0.2) is 4.79 Å². The lowest BCUT2D eigenvalue weighted by atomic mass is 10.3. The van der Waals surface area contributed by atoms with Crippen LogP contribution in [-0.4, -0.2) is 63.7 Å². The quantitative estimate of drug-likeness (QED) is 0.859. The van der Waals surface area contributed by atoms with Crippen LogP contribution >= 0.6 is 0 Å². The van der Waals surface area contributed by atoms with E-state index in [1.807, 2.05) is 18.2 Å². The molecule has 0 saturated carbocycles. The molecule has 25 heavy (non-hydrogen) atoms. The standard InChI is InChI=1S/C17H24N6O2/c1-13(23-9-5-6-10-23)11-19-17(24)22(2)12-15-20-16(21-25-15)14-7-3-4-8-18-14/h3-4,7-8,13H,5-6,9-12H2,1-2H3,(H,19,24)/t13-/m1/s1. The molecule has 3 rings (SSSR count). The summed E-state index contributed by atoms with van der Waals surface area (Å²) < 4.78 is 5.22. The Balaban J connectivity index is 1.49. The van der Waals surface area contributed by atoms with Crippen LogP contribution < -0.4 is 5.32 Å². The normalized spacial score (nSPS) is 15.9. The Labute approximate surface area is 147 Å². The average Bonchev–Trinajstić information content (AvgIpc) is 3.32. The van der Waals surface area contributed by atoms with Crippen molar-refractivity contribution in [3.05, 3.63) is 30.3 Å². The van der Waals surface area contributed by atoms with Crippen molar-refractivity contribution in [2.24, 2.45) is 0 Å². The first-order chi connectivity index (χ1) is 12.1. The van der Waals surface area contributed by atoms with Crippen LogP contribution in [0.25, 0.3) is 11.5 Å². The summed E-state index contributed by atoms with van der Waals surface area (Å²) in [5.41, 5.74) is 0.643. The maximum atomic E-state index is 12.2. The molecule has 1 N–H and O–H groups in total. The van der Waals surface area contributed by atoms with Crippen molar-refractivity contribution in [3.8, 4) is 11.5 Å². The molecule has 0 bridgehead atoms. The SMILES string of the molecule is C[C@H](CNC(=O)N(C)Cc1nc(-c2ccccn2)no1)N1CCCC1. The Bertz CT molecular complexity index is 683. The van der Waals surface area contributed by atoms with Gasteiger partial charge in [0.05, 0.1) is 0 Å². The van der Waals surface area contributed by atoms with Crippen molar-refractivity contribution in [3.63, 3.8) is 0 Å². The molecule has 0 spiro atoms. The van der Waals surface area contributed by atoms with E-state index in [9.17, 15) is 4.79 Å². The van der Waals surface area contributed by atoms with E-state index in [0.29, 0.717) is 30.0 Å². The molecule has 3 heterocycles. The van der Waals surface area contributed by atoms with E-state index < -0.39 is 0 Å². The van der Waals surface area contributed by atoms with Crippen molar-refractivity contribution in [2.75, 3.05) is 26.7 Å². The molecular weight excluding hydrogens is 320 g/mol. The monoisotopic (exact) mass is 344 g/mol. The molecule has 0 aliphatic carbocycles. The first kappa shape index (κ1) is 17.3. The third kappa shape index (κ3) is 4.54. The minimum absolute atomic E-state index is 0.149. The van der Waals surface area contributed by atoms with Gasteiger partial charge in [0.15, 0.2) is 0 Å². The minimum atomic E-state index is -0.149. The molecule has 1 saturated heterocycles. The zero-order chi connectivity index (χ0) is 17.6. The van der Waals surface area contributed by atoms with E-state index in [4.69, 9.17) is 4.52 Å². The van der Waals surface area contributed by atoms with Crippen LogP contribution in [0.3, 0.4) is 0 Å². The maximum absolute atomic E-state index is 12.2. The molecule has 2 aromatic rings. The van der Waals surface area contributed by atoms with E-state index in [1.165, 1.54) is 17.7 Å². The van der Waals surface area contributed by atoms with E-state index in [2.05, 4.69) is 32.3 Å². The molecule has 2 aromatic heterocycles. The van der Waals surface area contributed by atoms with Crippen LogP contribution in [0, 0.1) is 0 Å². The van der Waals surface area contributed by atoms with Gasteiger partial charge in [0.1, 0.15) is 12.2 Å². The van der Waals surface area contributed by atoms with Gasteiger partial charge in [0, 0.05) is 25.8 Å². The smallest absolute Gasteiger partial charge is 0.317 e. The Morgan fingerprint density at radius 3 is 2.92 bits per heavy atom. The van der Waals surface area contributed by atoms with Gasteiger partial charge in [0.25, 0.3) is 0 Å². The predicted octanol–water partition coefficient (Wildman–Crippen LogP) is 1.76. The predicted molar refractivity (Wildman–Crippen MR) is 92.7 cm³/mol. The number of carbonyl (C=O) groups excluding carboxylic acids is 1. The fraction of sp³-hybridized carbons (Fsp3) is 0.529. The highest BCUT2D eigenvalue weighted by Gasteiger charge is 2.20. The highest BCUT2D eigenvalue weighted by molar-refractivity contribution is 5.73. The number of urea groups is 1. The van der Waals surface area contributed by atoms with Crippen molar-refractivity contribution < 1.29 is 9.32 Å². The summed E-state index contributed by atoms with van der Waals surface area (Å²) in [6.07, 6.45) is 4.16. The van der Waals surface area contributed by atoms with E-state index in [0.717, 1.165) is 13.1 Å². The van der Waals surface area contributed by atoms with Crippen LogP contribution in [-0.2, 0) is 6.54 Å². The van der Waals surface area contributed by atoms with Gasteiger partial charge in [-0.2, -0.15) is 4.98 Å². The van der Waals surface area contributed by atoms with Crippen LogP contribution in [0.1, 0.15) is 25.7 Å². The molecule has 0 unspecified atom stereocenters. The highest BCUT2D eigenvalue weighted by atomic mass is 16.5. The van der Waals surface area contributed by atoms with Gasteiger partial charge in [-0.15, -0.1) is 0 Å². The van der Waals surface area contributed by atoms with Gasteiger partial charge in [0.2, 0.25) is 11.7 Å². The molecular formula is C17H24N6O2. The van der Waals surface area contributed by atoms with E-state index >= 15 is 0 Å². The maximum Gasteiger partial charge on any atom is 0.317 e. The molecule has 8 heteroatoms. The summed E-state index contributed by atoms with van der Waals surface area (Å²) in [4.78, 5) is 24.6. The van der Waals surface area contributed by atoms with E-state index in [1.54, 1.807) is 13.2 Å². The molecule has 1 aliphatic heterocycles. The van der Waals surface area contributed by atoms with Crippen molar-refractivity contribution >= 4 is 6.03 Å². The Morgan fingerprint density at radius 1 is 1.40 bits per heavy atom. The zero-order valence-electron chi connectivity index (χ0n) is 14.7. The molecule has 0 radical (unpaired) electrons. The second-order valence-corrected chi connectivity index (χ2v) is 6.36. The van der Waals surface area contributed by atoms with Gasteiger partial charge >= 0.3 is 6.03 Å². The summed E-state index contributed by atoms with van der Waals surface area (Å²) in [6, 6.07) is 5.69. The summed E-state index contributed by atoms with van der Waals surface area (Å²) in [5, 5.41) is 6.87. The summed E-state index contributed by atoms with van der Waals surface area (Å²) in [6.45, 7) is 5.26. The number of aromatic nitrogens is 3. The first-order valence-electron chi connectivity index (χ1n) is 8.60. The summed E-state index contributed by atoms with van der Waals surface area (Å²) in [7, 11) is 1.71. The van der Waals surface area contributed by atoms with Gasteiger partial charge in [-0.3, -0.25) is 9.88 Å². The Kier molecular flexibility index (Phi) is 5.60. The summed E-state index contributed by atoms with van der Waals surface area (Å²) >= 11 is 0. The fourth-order valence-electron chi connectivity index (χ4n) is 2.87. The third-order valence-electron chi connectivity index (χ3n) is 4.39. The summed E-state index contributed by atoms with van der Waals surface area (Å²) in [5.74, 6) is 0.804. The number of nitrogens with one attached hydrogen (secondary N) is 1. The Hall–Kier alpha value is -2.48. The van der Waals surface area contributed by atoms with Gasteiger partial charge in [-0.1, -0.05) is 11.2 Å². The number of nitrogens with zero attached hydrogens (tertiary/aromatic N) is 5. The Morgan fingerprint density at radius 2 is 2.20 bits per heavy atom. The fourth-order valence-corrected chi connectivity index (χ4v) is 2.87. The van der Waals surface area contributed by atoms with Crippen molar-refractivity contribution in [1.29, 1.82) is 0 Å². The molecule has 1 fully saturated rings. The number of hydrogen-bond donors (Lipinski definition) is 1. The molecule has 8 nitrogen and oxygen atoms in total. The lowest BCUT2D eigenvalue weighted by Gasteiger charge is -2.25. The number of likely N-dealkylation sites (tertiary alicyclic amines) is 1. The molecule has 1 atom stereocenters. The van der Waals surface area contributed by atoms with Gasteiger partial charge < -0.3 is 14.7 Å². The number of hydrogen-bond acceptors (Lipinski definition) is 6. The van der Waals surface area contributed by atoms with Crippen molar-refractivity contribution in [2.45, 2.75) is 32.4 Å². The van der Waals surface area contributed by atoms with Crippen LogP contribution in [0.2, 0.25) is 0 Å². The third-order valence-corrected chi connectivity index (χ3v) is 4.39. The number of pyridine rings is 1. The van der Waals surface area contributed by atoms with E-state index in [-0.39, 0.29) is 12.6 Å². The lowest BCUT2D eigenvalue weighted by Crippen LogP contribution is -2.44. The topological polar surface area (TPSA) is 87.4 Å². The number of rotatable bonds is 6. The highest BCUT2D eigenvalue weighted by Crippen LogP contribution is 2.13. The molecule has 0 aromatic carbocycles. The van der Waals surface area contributed by atoms with Gasteiger partial charge in [-0.05, 0) is 45.0 Å². The minimum Gasteiger partial charge on any atom is -0.337 e. The largest absolute Gasteiger partial charge is 0.337 e. The lowest BCUT2D eigenvalue weighted by molar-refractivity contribution is 0.192. The number of amides is 2. The first-order valence-corrected chi connectivity index (χ1v) is 8.60. The van der Waals surface area contributed by atoms with Crippen molar-refractivity contribution in [1.82, 2.24) is 30.2 Å². The van der Waals surface area contributed by atoms with Crippen LogP contribution in [0.15, 0.2) is 28.9 Å². The number of carbonyl (C=O) groups is 1. The zero-order valence-corrected chi connectivity index (χ0v) is 14.7. The molecule has 1 aliphatic rings. The van der Waals surface area contributed by atoms with Crippen LogP contribution in [0.5, 0.6) is 0 Å². The molecule has 134 valence electrons. The second-order valence-electron chi connectivity index (χ2n) is 6.36. The second kappa shape index (κ2) is 8.06.